The molecule has 14 heteroatoms. The fourth-order valence-corrected chi connectivity index (χ4v) is 9.68. The number of fused-ring (bicyclic) bond motifs is 4. The Hall–Kier alpha value is -9.04. The van der Waals surface area contributed by atoms with Crippen LogP contribution in [0.15, 0.2) is 158 Å². The van der Waals surface area contributed by atoms with Gasteiger partial charge in [0, 0.05) is 84.7 Å². The van der Waals surface area contributed by atoms with Crippen molar-refractivity contribution >= 4 is 55.3 Å². The monoisotopic (exact) mass is 992 g/mol. The Balaban J connectivity index is 1.25. The summed E-state index contributed by atoms with van der Waals surface area (Å²) in [6, 6.07) is 35.6. The molecule has 374 valence electrons. The third-order valence-electron chi connectivity index (χ3n) is 13.6. The topological polar surface area (TPSA) is 164 Å². The lowest BCUT2D eigenvalue weighted by Gasteiger charge is -2.21. The van der Waals surface area contributed by atoms with Gasteiger partial charge >= 0.3 is 22.5 Å². The molecule has 4 heterocycles. The molecule has 0 bridgehead atoms. The second-order valence-electron chi connectivity index (χ2n) is 17.7. The minimum Gasteiger partial charge on any atom is -0.496 e. The number of rotatable bonds is 15. The fraction of sp³-hybridized carbons (Fsp3) is 0.200. The van der Waals surface area contributed by atoms with Gasteiger partial charge in [0.05, 0.1) is 61.5 Å². The van der Waals surface area contributed by atoms with Crippen LogP contribution in [-0.4, -0.2) is 54.6 Å². The Morgan fingerprint density at radius 3 is 1.00 bits per heavy atom. The van der Waals surface area contributed by atoms with Gasteiger partial charge in [-0.2, -0.15) is 0 Å². The molecule has 14 nitrogen and oxygen atoms in total. The lowest BCUT2D eigenvalue weighted by Crippen LogP contribution is -2.21. The molecule has 0 aliphatic rings. The number of methoxy groups -OCH3 is 4. The summed E-state index contributed by atoms with van der Waals surface area (Å²) in [6.07, 6.45) is 0. The number of hydrogen-bond acceptors (Lipinski definition) is 14. The number of ether oxygens (including phenoxy) is 4. The summed E-state index contributed by atoms with van der Waals surface area (Å²) in [5.74, 6) is 1.65. The maximum absolute atomic E-state index is 14.3. The van der Waals surface area contributed by atoms with Crippen molar-refractivity contribution in [1.29, 1.82) is 0 Å². The molecule has 6 aromatic carbocycles. The quantitative estimate of drug-likeness (QED) is 0.0891. The third-order valence-corrected chi connectivity index (χ3v) is 13.6. The molecule has 0 fully saturated rings. The summed E-state index contributed by atoms with van der Waals surface area (Å²) in [5.41, 5.74) is 3.93. The Labute approximate surface area is 424 Å². The molecule has 0 saturated heterocycles. The summed E-state index contributed by atoms with van der Waals surface area (Å²) < 4.78 is 46.4. The molecule has 74 heavy (non-hydrogen) atoms. The van der Waals surface area contributed by atoms with Gasteiger partial charge in [0.15, 0.2) is 0 Å². The van der Waals surface area contributed by atoms with Gasteiger partial charge in [-0.15, -0.1) is 0 Å². The fourth-order valence-electron chi connectivity index (χ4n) is 9.68. The van der Waals surface area contributed by atoms with E-state index in [4.69, 9.17) is 36.6 Å². The molecule has 10 aromatic rings. The van der Waals surface area contributed by atoms with Crippen LogP contribution in [0.25, 0.3) is 99.5 Å². The van der Waals surface area contributed by atoms with Crippen LogP contribution in [0.1, 0.15) is 27.7 Å². The van der Waals surface area contributed by atoms with E-state index < -0.39 is 22.5 Å². The largest absolute Gasteiger partial charge is 0.496 e. The lowest BCUT2D eigenvalue weighted by molar-refractivity contribution is 0.395. The highest BCUT2D eigenvalue weighted by molar-refractivity contribution is 5.94. The first-order valence-electron chi connectivity index (χ1n) is 24.2. The normalized spacial score (nSPS) is 11.4. The first kappa shape index (κ1) is 48.6. The number of anilines is 2. The van der Waals surface area contributed by atoms with Crippen molar-refractivity contribution in [2.45, 2.75) is 27.7 Å². The van der Waals surface area contributed by atoms with Gasteiger partial charge in [-0.25, -0.2) is 19.2 Å². The van der Waals surface area contributed by atoms with Crippen LogP contribution in [-0.2, 0) is 0 Å². The highest BCUT2D eigenvalue weighted by Gasteiger charge is 2.22. The second-order valence-corrected chi connectivity index (χ2v) is 17.7. The predicted octanol–water partition coefficient (Wildman–Crippen LogP) is 12.2. The standard InChI is InChI=1S/C60H52N2O12/c1-9-61(10-2)41-15-13-33-23-45(57(63)71-51(33)25-41)37-17-35(18-38(21-37)46-24-34-14-16-42(62(11-3)12-4)26-52(34)72-58(46)64)36-19-39(47-31-49-53(69-7)27-43(67-5)29-55(49)73-59(47)65)22-40(20-36)48-32-50-54(70-8)28-44(68-6)30-56(50)74-60(48)66/h13-32H,9-12H2,1-8H3. The molecule has 4 aromatic heterocycles. The van der Waals surface area contributed by atoms with E-state index in [1.54, 1.807) is 72.8 Å². The summed E-state index contributed by atoms with van der Waals surface area (Å²) in [7, 11) is 6.01. The SMILES string of the molecule is CCN(CC)c1ccc2cc(-c3cc(-c4cc(-c5cc6c(OC)cc(OC)cc6oc5=O)cc(-c5cc6c(OC)cc(OC)cc6oc5=O)c4)cc(-c4cc5ccc(N(CC)CC)cc5oc4=O)c3)c(=O)oc2c1. The van der Waals surface area contributed by atoms with Crippen molar-refractivity contribution in [3.05, 3.63) is 163 Å². The van der Waals surface area contributed by atoms with Crippen molar-refractivity contribution in [2.24, 2.45) is 0 Å². The highest BCUT2D eigenvalue weighted by atomic mass is 16.5. The van der Waals surface area contributed by atoms with Crippen LogP contribution in [0.3, 0.4) is 0 Å². The van der Waals surface area contributed by atoms with Crippen LogP contribution in [0.4, 0.5) is 11.4 Å². The molecule has 0 amide bonds. The van der Waals surface area contributed by atoms with E-state index in [9.17, 15) is 19.2 Å². The van der Waals surface area contributed by atoms with Crippen molar-refractivity contribution < 1.29 is 36.6 Å². The Kier molecular flexibility index (Phi) is 13.0. The number of hydrogen-bond donors (Lipinski definition) is 0. The van der Waals surface area contributed by atoms with Gasteiger partial charge in [0.2, 0.25) is 0 Å². The molecule has 0 saturated carbocycles. The van der Waals surface area contributed by atoms with Crippen LogP contribution in [0, 0.1) is 0 Å². The van der Waals surface area contributed by atoms with E-state index in [0.29, 0.717) is 89.1 Å². The summed E-state index contributed by atoms with van der Waals surface area (Å²) in [5, 5.41) is 2.35. The first-order valence-corrected chi connectivity index (χ1v) is 24.2. The molecular weight excluding hydrogens is 941 g/mol. The molecule has 0 aliphatic carbocycles. The molecule has 0 aliphatic heterocycles. The van der Waals surface area contributed by atoms with Gasteiger partial charge in [0.1, 0.15) is 45.3 Å². The van der Waals surface area contributed by atoms with Crippen LogP contribution < -0.4 is 51.2 Å². The van der Waals surface area contributed by atoms with E-state index in [0.717, 1.165) is 37.6 Å². The van der Waals surface area contributed by atoms with Crippen LogP contribution in [0.5, 0.6) is 23.0 Å². The number of nitrogens with zero attached hydrogens (tertiary/aromatic N) is 2. The zero-order valence-electron chi connectivity index (χ0n) is 42.2. The smallest absolute Gasteiger partial charge is 0.344 e. The molecule has 0 N–H and O–H groups in total. The van der Waals surface area contributed by atoms with Gasteiger partial charge in [-0.05, 0) is 146 Å². The van der Waals surface area contributed by atoms with Crippen molar-refractivity contribution in [1.82, 2.24) is 0 Å². The molecule has 0 spiro atoms. The molecule has 0 atom stereocenters. The average Bonchev–Trinajstić information content (AvgIpc) is 3.42. The number of benzene rings is 6. The zero-order valence-corrected chi connectivity index (χ0v) is 42.2. The van der Waals surface area contributed by atoms with Gasteiger partial charge in [0.25, 0.3) is 0 Å². The van der Waals surface area contributed by atoms with E-state index >= 15 is 0 Å². The zero-order chi connectivity index (χ0) is 51.9. The van der Waals surface area contributed by atoms with Crippen LogP contribution >= 0.6 is 0 Å². The summed E-state index contributed by atoms with van der Waals surface area (Å²) >= 11 is 0. The third kappa shape index (κ3) is 8.88. The van der Waals surface area contributed by atoms with Crippen molar-refractivity contribution in [2.75, 3.05) is 64.4 Å². The van der Waals surface area contributed by atoms with Crippen LogP contribution in [0.2, 0.25) is 0 Å². The van der Waals surface area contributed by atoms with Gasteiger partial charge in [-0.3, -0.25) is 0 Å². The summed E-state index contributed by atoms with van der Waals surface area (Å²) in [4.78, 5) is 61.3. The van der Waals surface area contributed by atoms with E-state index in [1.807, 2.05) is 48.5 Å². The maximum atomic E-state index is 14.3. The molecular formula is C60H52N2O12. The van der Waals surface area contributed by atoms with E-state index in [1.165, 1.54) is 28.4 Å². The average molecular weight is 993 g/mol. The molecule has 0 unspecified atom stereocenters. The first-order chi connectivity index (χ1) is 35.9. The minimum absolute atomic E-state index is 0.145. The predicted molar refractivity (Wildman–Crippen MR) is 291 cm³/mol. The highest BCUT2D eigenvalue weighted by Crippen LogP contribution is 2.40. The second kappa shape index (κ2) is 19.9. The van der Waals surface area contributed by atoms with Gasteiger partial charge in [-0.1, -0.05) is 0 Å². The lowest BCUT2D eigenvalue weighted by atomic mass is 9.90. The Bertz CT molecular complexity index is 3830. The van der Waals surface area contributed by atoms with Gasteiger partial charge < -0.3 is 46.4 Å². The van der Waals surface area contributed by atoms with E-state index in [2.05, 4.69) is 37.5 Å². The van der Waals surface area contributed by atoms with Crippen molar-refractivity contribution in [3.63, 3.8) is 0 Å². The Morgan fingerprint density at radius 1 is 0.351 bits per heavy atom. The minimum atomic E-state index is -0.680. The molecule has 10 rings (SSSR count). The van der Waals surface area contributed by atoms with Crippen molar-refractivity contribution in [3.8, 4) is 78.6 Å². The maximum Gasteiger partial charge on any atom is 0.344 e. The molecule has 0 radical (unpaired) electrons. The van der Waals surface area contributed by atoms with E-state index in [-0.39, 0.29) is 33.4 Å². The Morgan fingerprint density at radius 2 is 0.676 bits per heavy atom. The summed E-state index contributed by atoms with van der Waals surface area (Å²) in [6.45, 7) is 11.3.